The molecule has 1 fully saturated rings. The third kappa shape index (κ3) is 3.59. The minimum absolute atomic E-state index is 0.0339. The van der Waals surface area contributed by atoms with E-state index in [0.29, 0.717) is 11.5 Å². The summed E-state index contributed by atoms with van der Waals surface area (Å²) >= 11 is 0. The largest absolute Gasteiger partial charge is 0.368 e. The lowest BCUT2D eigenvalue weighted by atomic mass is 9.62. The second-order valence-corrected chi connectivity index (χ2v) is 7.30. The van der Waals surface area contributed by atoms with Crippen LogP contribution in [0.25, 0.3) is 22.2 Å². The number of nitrogens with zero attached hydrogens (tertiary/aromatic N) is 4. The topological polar surface area (TPSA) is 78.9 Å². The Hall–Kier alpha value is -3.23. The van der Waals surface area contributed by atoms with Crippen LogP contribution in [0.15, 0.2) is 53.9 Å². The van der Waals surface area contributed by atoms with Crippen molar-refractivity contribution in [3.63, 3.8) is 0 Å². The number of halogens is 3. The van der Waals surface area contributed by atoms with Gasteiger partial charge >= 0.3 is 0 Å². The van der Waals surface area contributed by atoms with Gasteiger partial charge in [-0.1, -0.05) is 18.7 Å². The number of alkyl halides is 2. The van der Waals surface area contributed by atoms with Crippen LogP contribution in [0, 0.1) is 5.41 Å². The Morgan fingerprint density at radius 2 is 2.03 bits per heavy atom. The summed E-state index contributed by atoms with van der Waals surface area (Å²) in [6.45, 7) is 3.30. The summed E-state index contributed by atoms with van der Waals surface area (Å²) in [4.78, 5) is 3.86. The molecule has 1 aromatic carbocycles. The van der Waals surface area contributed by atoms with Gasteiger partial charge < -0.3 is 5.32 Å². The van der Waals surface area contributed by atoms with Gasteiger partial charge in [0.15, 0.2) is 0 Å². The Morgan fingerprint density at radius 3 is 2.66 bits per heavy atom. The zero-order valence-corrected chi connectivity index (χ0v) is 15.7. The highest BCUT2D eigenvalue weighted by Crippen LogP contribution is 2.54. The number of nitrogens with one attached hydrogen (secondary N) is 2. The van der Waals surface area contributed by atoms with Gasteiger partial charge in [0.2, 0.25) is 5.92 Å². The van der Waals surface area contributed by atoms with Gasteiger partial charge in [-0.2, -0.15) is 5.10 Å². The SMILES string of the molecule is C=C(F)C(=NC)C1(CNc2ccc(-c3ccc4cn[nH]c4c3)nn2)CC(F)(F)C1. The first-order valence-electron chi connectivity index (χ1n) is 9.03. The van der Waals surface area contributed by atoms with Crippen LogP contribution in [0.1, 0.15) is 12.8 Å². The van der Waals surface area contributed by atoms with Gasteiger partial charge in [-0.05, 0) is 18.2 Å². The molecule has 6 nitrogen and oxygen atoms in total. The molecule has 0 bridgehead atoms. The minimum Gasteiger partial charge on any atom is -0.368 e. The first-order chi connectivity index (χ1) is 13.8. The molecule has 1 aliphatic carbocycles. The molecule has 0 unspecified atom stereocenters. The van der Waals surface area contributed by atoms with Crippen LogP contribution < -0.4 is 5.32 Å². The lowest BCUT2D eigenvalue weighted by molar-refractivity contribution is -0.128. The van der Waals surface area contributed by atoms with E-state index in [4.69, 9.17) is 0 Å². The average molecular weight is 400 g/mol. The van der Waals surface area contributed by atoms with E-state index in [2.05, 4.69) is 37.3 Å². The second-order valence-electron chi connectivity index (χ2n) is 7.30. The number of hydrogen-bond donors (Lipinski definition) is 2. The van der Waals surface area contributed by atoms with Gasteiger partial charge in [0, 0.05) is 42.8 Å². The van der Waals surface area contributed by atoms with Crippen molar-refractivity contribution < 1.29 is 13.2 Å². The van der Waals surface area contributed by atoms with Crippen molar-refractivity contribution in [1.29, 1.82) is 0 Å². The maximum absolute atomic E-state index is 13.8. The number of allylic oxidation sites excluding steroid dienone is 1. The van der Waals surface area contributed by atoms with E-state index in [1.54, 1.807) is 18.3 Å². The van der Waals surface area contributed by atoms with Gasteiger partial charge in [0.25, 0.3) is 0 Å². The Balaban J connectivity index is 1.50. The molecule has 0 aliphatic heterocycles. The van der Waals surface area contributed by atoms with Crippen LogP contribution in [-0.4, -0.2) is 45.6 Å². The number of fused-ring (bicyclic) bond motifs is 1. The summed E-state index contributed by atoms with van der Waals surface area (Å²) < 4.78 is 40.9. The zero-order valence-electron chi connectivity index (χ0n) is 15.7. The molecule has 1 aliphatic rings. The maximum Gasteiger partial charge on any atom is 0.250 e. The number of aromatic nitrogens is 4. The van der Waals surface area contributed by atoms with E-state index in [-0.39, 0.29) is 12.3 Å². The van der Waals surface area contributed by atoms with Crippen LogP contribution in [0.4, 0.5) is 19.0 Å². The monoisotopic (exact) mass is 400 g/mol. The van der Waals surface area contributed by atoms with Crippen molar-refractivity contribution in [1.82, 2.24) is 20.4 Å². The van der Waals surface area contributed by atoms with Crippen LogP contribution in [0.5, 0.6) is 0 Å². The van der Waals surface area contributed by atoms with E-state index in [1.165, 1.54) is 7.05 Å². The Bertz CT molecular complexity index is 1080. The van der Waals surface area contributed by atoms with E-state index >= 15 is 0 Å². The molecule has 2 heterocycles. The van der Waals surface area contributed by atoms with Crippen molar-refractivity contribution in [2.24, 2.45) is 10.4 Å². The van der Waals surface area contributed by atoms with Gasteiger partial charge in [-0.25, -0.2) is 13.2 Å². The molecule has 2 N–H and O–H groups in total. The Labute approximate surface area is 165 Å². The molecule has 4 rings (SSSR count). The van der Waals surface area contributed by atoms with E-state index in [0.717, 1.165) is 16.5 Å². The molecule has 9 heteroatoms. The Morgan fingerprint density at radius 1 is 1.24 bits per heavy atom. The molecule has 0 atom stereocenters. The minimum atomic E-state index is -2.84. The lowest BCUT2D eigenvalue weighted by Crippen LogP contribution is -2.55. The normalized spacial score (nSPS) is 17.7. The highest BCUT2D eigenvalue weighted by molar-refractivity contribution is 6.03. The third-order valence-corrected chi connectivity index (χ3v) is 5.19. The predicted octanol–water partition coefficient (Wildman–Crippen LogP) is 4.40. The number of anilines is 1. The molecule has 0 saturated heterocycles. The van der Waals surface area contributed by atoms with Gasteiger partial charge in [-0.15, -0.1) is 10.2 Å². The van der Waals surface area contributed by atoms with Gasteiger partial charge in [0.05, 0.1) is 23.1 Å². The molecule has 29 heavy (non-hydrogen) atoms. The lowest BCUT2D eigenvalue weighted by Gasteiger charge is -2.47. The fraction of sp³-hybridized carbons (Fsp3) is 0.300. The van der Waals surface area contributed by atoms with E-state index < -0.39 is 30.0 Å². The maximum atomic E-state index is 13.8. The summed E-state index contributed by atoms with van der Waals surface area (Å²) in [5.74, 6) is -3.22. The summed E-state index contributed by atoms with van der Waals surface area (Å²) in [5, 5.41) is 19.2. The highest BCUT2D eigenvalue weighted by Gasteiger charge is 2.59. The van der Waals surface area contributed by atoms with Crippen molar-refractivity contribution in [3.8, 4) is 11.3 Å². The van der Waals surface area contributed by atoms with Crippen LogP contribution in [0.3, 0.4) is 0 Å². The fourth-order valence-corrected chi connectivity index (χ4v) is 3.90. The second kappa shape index (κ2) is 6.98. The standard InChI is InChI=1S/C20H19F3N6/c1-12(21)18(24-2)19(9-20(22,23)10-19)11-25-17-6-5-15(28-29-17)13-3-4-14-8-26-27-16(14)7-13/h3-8H,1,9-11H2,2H3,(H,25,29)(H,26,27). The molecule has 0 spiro atoms. The highest BCUT2D eigenvalue weighted by atomic mass is 19.3. The smallest absolute Gasteiger partial charge is 0.250 e. The number of rotatable bonds is 6. The molecular formula is C20H19F3N6. The zero-order chi connectivity index (χ0) is 20.6. The summed E-state index contributed by atoms with van der Waals surface area (Å²) in [6, 6.07) is 9.24. The first kappa shape index (κ1) is 19.1. The van der Waals surface area contributed by atoms with Gasteiger partial charge in [-0.3, -0.25) is 10.1 Å². The number of hydrogen-bond acceptors (Lipinski definition) is 5. The van der Waals surface area contributed by atoms with E-state index in [9.17, 15) is 13.2 Å². The number of aromatic amines is 1. The Kier molecular flexibility index (Phi) is 4.60. The van der Waals surface area contributed by atoms with Crippen molar-refractivity contribution >= 4 is 22.4 Å². The predicted molar refractivity (Wildman–Crippen MR) is 106 cm³/mol. The van der Waals surface area contributed by atoms with Gasteiger partial charge in [0.1, 0.15) is 11.6 Å². The fourth-order valence-electron chi connectivity index (χ4n) is 3.90. The number of benzene rings is 1. The molecule has 0 radical (unpaired) electrons. The number of H-pyrrole nitrogens is 1. The van der Waals surface area contributed by atoms with Crippen LogP contribution in [0.2, 0.25) is 0 Å². The summed E-state index contributed by atoms with van der Waals surface area (Å²) in [6.07, 6.45) is 0.758. The van der Waals surface area contributed by atoms with Crippen molar-refractivity contribution in [2.75, 3.05) is 18.9 Å². The molecule has 0 amide bonds. The molecule has 3 aromatic rings. The van der Waals surface area contributed by atoms with Crippen LogP contribution in [-0.2, 0) is 0 Å². The number of aliphatic imine (C=N–C) groups is 1. The first-order valence-corrected chi connectivity index (χ1v) is 9.03. The van der Waals surface area contributed by atoms with E-state index in [1.807, 2.05) is 18.2 Å². The quantitative estimate of drug-likeness (QED) is 0.601. The average Bonchev–Trinajstić information content (AvgIpc) is 3.13. The third-order valence-electron chi connectivity index (χ3n) is 5.19. The van der Waals surface area contributed by atoms with Crippen molar-refractivity contribution in [3.05, 3.63) is 48.9 Å². The molecule has 1 saturated carbocycles. The molecule has 150 valence electrons. The summed E-state index contributed by atoms with van der Waals surface area (Å²) in [7, 11) is 1.38. The molecular weight excluding hydrogens is 381 g/mol. The van der Waals surface area contributed by atoms with Crippen LogP contribution >= 0.6 is 0 Å². The summed E-state index contributed by atoms with van der Waals surface area (Å²) in [5.41, 5.74) is 1.26. The molecule has 2 aromatic heterocycles. The van der Waals surface area contributed by atoms with Crippen molar-refractivity contribution in [2.45, 2.75) is 18.8 Å².